The van der Waals surface area contributed by atoms with Crippen LogP contribution in [0.1, 0.15) is 25.7 Å². The molecule has 3 heteroatoms. The van der Waals surface area contributed by atoms with Crippen LogP contribution >= 0.6 is 0 Å². The summed E-state index contributed by atoms with van der Waals surface area (Å²) in [6.07, 6.45) is 5.03. The van der Waals surface area contributed by atoms with Crippen LogP contribution in [0.15, 0.2) is 0 Å². The molecule has 0 amide bonds. The Kier molecular flexibility index (Phi) is 3.42. The van der Waals surface area contributed by atoms with Gasteiger partial charge in [-0.1, -0.05) is 0 Å². The van der Waals surface area contributed by atoms with Crippen LogP contribution in [0.3, 0.4) is 0 Å². The average molecular weight is 198 g/mol. The second-order valence-corrected chi connectivity index (χ2v) is 4.98. The minimum Gasteiger partial charge on any atom is -0.396 e. The third kappa shape index (κ3) is 2.69. The molecular formula is C11H22N2O. The highest BCUT2D eigenvalue weighted by molar-refractivity contribution is 4.94. The summed E-state index contributed by atoms with van der Waals surface area (Å²) in [5.41, 5.74) is 0.271. The van der Waals surface area contributed by atoms with Gasteiger partial charge in [-0.3, -0.25) is 0 Å². The first kappa shape index (κ1) is 10.4. The number of rotatable bonds is 5. The molecule has 0 unspecified atom stereocenters. The van der Waals surface area contributed by atoms with E-state index in [1.54, 1.807) is 0 Å². The number of hydrogen-bond acceptors (Lipinski definition) is 3. The Balaban J connectivity index is 1.58. The van der Waals surface area contributed by atoms with Crippen LogP contribution in [0.5, 0.6) is 0 Å². The summed E-state index contributed by atoms with van der Waals surface area (Å²) in [6.45, 7) is 4.89. The molecule has 1 aliphatic carbocycles. The summed E-state index contributed by atoms with van der Waals surface area (Å²) in [4.78, 5) is 0. The van der Waals surface area contributed by atoms with Gasteiger partial charge in [0.1, 0.15) is 0 Å². The minimum absolute atomic E-state index is 0.271. The molecule has 0 radical (unpaired) electrons. The molecule has 1 saturated heterocycles. The van der Waals surface area contributed by atoms with Gasteiger partial charge in [-0.25, -0.2) is 0 Å². The molecule has 0 aromatic rings. The number of aliphatic hydroxyl groups is 1. The predicted molar refractivity (Wildman–Crippen MR) is 57.2 cm³/mol. The monoisotopic (exact) mass is 198 g/mol. The molecule has 2 fully saturated rings. The Morgan fingerprint density at radius 3 is 2.57 bits per heavy atom. The van der Waals surface area contributed by atoms with Crippen molar-refractivity contribution in [1.82, 2.24) is 10.6 Å². The Morgan fingerprint density at radius 1 is 1.29 bits per heavy atom. The van der Waals surface area contributed by atoms with Crippen molar-refractivity contribution in [3.63, 3.8) is 0 Å². The van der Waals surface area contributed by atoms with E-state index in [1.807, 2.05) is 0 Å². The Labute approximate surface area is 86.3 Å². The van der Waals surface area contributed by atoms with Crippen LogP contribution in [-0.4, -0.2) is 37.9 Å². The van der Waals surface area contributed by atoms with Crippen LogP contribution < -0.4 is 10.6 Å². The number of aliphatic hydroxyl groups excluding tert-OH is 1. The maximum absolute atomic E-state index is 9.14. The lowest BCUT2D eigenvalue weighted by atomic mass is 9.98. The van der Waals surface area contributed by atoms with E-state index in [-0.39, 0.29) is 5.41 Å². The third-order valence-electron chi connectivity index (χ3n) is 3.68. The van der Waals surface area contributed by atoms with E-state index in [2.05, 4.69) is 10.6 Å². The quantitative estimate of drug-likeness (QED) is 0.597. The topological polar surface area (TPSA) is 44.3 Å². The molecule has 2 rings (SSSR count). The first-order chi connectivity index (χ1) is 6.85. The average Bonchev–Trinajstić information content (AvgIpc) is 3.00. The zero-order valence-corrected chi connectivity index (χ0v) is 8.89. The van der Waals surface area contributed by atoms with E-state index in [0.29, 0.717) is 6.61 Å². The lowest BCUT2D eigenvalue weighted by Crippen LogP contribution is -2.36. The summed E-state index contributed by atoms with van der Waals surface area (Å²) >= 11 is 0. The van der Waals surface area contributed by atoms with Crippen molar-refractivity contribution >= 4 is 0 Å². The molecule has 0 aromatic heterocycles. The molecule has 1 aliphatic heterocycles. The lowest BCUT2D eigenvalue weighted by Gasteiger charge is -2.23. The molecule has 14 heavy (non-hydrogen) atoms. The van der Waals surface area contributed by atoms with Gasteiger partial charge in [-0.05, 0) is 51.2 Å². The molecule has 2 aliphatic rings. The van der Waals surface area contributed by atoms with E-state index in [4.69, 9.17) is 5.11 Å². The van der Waals surface area contributed by atoms with E-state index < -0.39 is 0 Å². The molecule has 0 atom stereocenters. The van der Waals surface area contributed by atoms with Gasteiger partial charge >= 0.3 is 0 Å². The number of nitrogens with one attached hydrogen (secondary N) is 2. The molecule has 1 saturated carbocycles. The second kappa shape index (κ2) is 4.60. The molecule has 3 nitrogen and oxygen atoms in total. The molecule has 0 aromatic carbocycles. The Morgan fingerprint density at radius 2 is 2.00 bits per heavy atom. The van der Waals surface area contributed by atoms with Gasteiger partial charge < -0.3 is 15.7 Å². The van der Waals surface area contributed by atoms with Gasteiger partial charge in [0.15, 0.2) is 0 Å². The molecular weight excluding hydrogens is 176 g/mol. The van der Waals surface area contributed by atoms with Crippen LogP contribution in [0.2, 0.25) is 0 Å². The lowest BCUT2D eigenvalue weighted by molar-refractivity contribution is 0.204. The molecule has 1 heterocycles. The van der Waals surface area contributed by atoms with E-state index in [1.165, 1.54) is 38.8 Å². The van der Waals surface area contributed by atoms with Gasteiger partial charge in [-0.15, -0.1) is 0 Å². The standard InChI is InChI=1S/C11H22N2O/c14-9-11(3-4-11)8-13-7-10-1-5-12-6-2-10/h10,12-14H,1-9H2. The van der Waals surface area contributed by atoms with Crippen LogP contribution in [0.25, 0.3) is 0 Å². The molecule has 3 N–H and O–H groups in total. The first-order valence-electron chi connectivity index (χ1n) is 5.87. The van der Waals surface area contributed by atoms with Crippen LogP contribution in [0.4, 0.5) is 0 Å². The highest BCUT2D eigenvalue weighted by Gasteiger charge is 2.41. The van der Waals surface area contributed by atoms with Gasteiger partial charge in [0.2, 0.25) is 0 Å². The van der Waals surface area contributed by atoms with Gasteiger partial charge in [0, 0.05) is 18.6 Å². The van der Waals surface area contributed by atoms with Crippen molar-refractivity contribution in [2.24, 2.45) is 11.3 Å². The minimum atomic E-state index is 0.271. The Bertz CT molecular complexity index is 174. The van der Waals surface area contributed by atoms with Crippen molar-refractivity contribution in [2.75, 3.05) is 32.8 Å². The summed E-state index contributed by atoms with van der Waals surface area (Å²) in [5.74, 6) is 0.853. The number of hydrogen-bond donors (Lipinski definition) is 3. The second-order valence-electron chi connectivity index (χ2n) is 4.98. The summed E-state index contributed by atoms with van der Waals surface area (Å²) in [7, 11) is 0. The van der Waals surface area contributed by atoms with Crippen LogP contribution in [0, 0.1) is 11.3 Å². The van der Waals surface area contributed by atoms with Crippen molar-refractivity contribution in [3.05, 3.63) is 0 Å². The smallest absolute Gasteiger partial charge is 0.0499 e. The van der Waals surface area contributed by atoms with Crippen molar-refractivity contribution < 1.29 is 5.11 Å². The highest BCUT2D eigenvalue weighted by Crippen LogP contribution is 2.44. The number of piperidine rings is 1. The first-order valence-corrected chi connectivity index (χ1v) is 5.87. The largest absolute Gasteiger partial charge is 0.396 e. The molecule has 0 spiro atoms. The highest BCUT2D eigenvalue weighted by atomic mass is 16.3. The van der Waals surface area contributed by atoms with Crippen molar-refractivity contribution in [2.45, 2.75) is 25.7 Å². The molecule has 82 valence electrons. The SMILES string of the molecule is OCC1(CNCC2CCNCC2)CC1. The summed E-state index contributed by atoms with van der Waals surface area (Å²) in [5, 5.41) is 16.0. The fourth-order valence-electron chi connectivity index (χ4n) is 2.19. The normalized spacial score (nSPS) is 26.4. The van der Waals surface area contributed by atoms with Gasteiger partial charge in [0.05, 0.1) is 0 Å². The summed E-state index contributed by atoms with van der Waals surface area (Å²) in [6, 6.07) is 0. The third-order valence-corrected chi connectivity index (χ3v) is 3.68. The van der Waals surface area contributed by atoms with Crippen molar-refractivity contribution in [1.29, 1.82) is 0 Å². The van der Waals surface area contributed by atoms with Crippen LogP contribution in [-0.2, 0) is 0 Å². The zero-order valence-electron chi connectivity index (χ0n) is 8.89. The van der Waals surface area contributed by atoms with E-state index >= 15 is 0 Å². The van der Waals surface area contributed by atoms with E-state index in [9.17, 15) is 0 Å². The summed E-state index contributed by atoms with van der Waals surface area (Å²) < 4.78 is 0. The van der Waals surface area contributed by atoms with E-state index in [0.717, 1.165) is 19.0 Å². The maximum Gasteiger partial charge on any atom is 0.0499 e. The predicted octanol–water partition coefficient (Wildman–Crippen LogP) is 0.348. The maximum atomic E-state index is 9.14. The fourth-order valence-corrected chi connectivity index (χ4v) is 2.19. The van der Waals surface area contributed by atoms with Crippen molar-refractivity contribution in [3.8, 4) is 0 Å². The molecule has 0 bridgehead atoms. The zero-order chi connectivity index (χ0) is 9.86. The Hall–Kier alpha value is -0.120. The fraction of sp³-hybridized carbons (Fsp3) is 1.00. The van der Waals surface area contributed by atoms with Gasteiger partial charge in [0.25, 0.3) is 0 Å². The van der Waals surface area contributed by atoms with Gasteiger partial charge in [-0.2, -0.15) is 0 Å².